The van der Waals surface area contributed by atoms with Gasteiger partial charge in [-0.05, 0) is 23.8 Å². The molecule has 0 aliphatic rings. The molecule has 1 atom stereocenters. The van der Waals surface area contributed by atoms with E-state index in [9.17, 15) is 9.90 Å². The highest BCUT2D eigenvalue weighted by Gasteiger charge is 2.41. The molecular formula is C27H20ClNO3. The van der Waals surface area contributed by atoms with E-state index in [1.54, 1.807) is 36.4 Å². The zero-order valence-corrected chi connectivity index (χ0v) is 17.9. The Morgan fingerprint density at radius 1 is 0.812 bits per heavy atom. The Bertz CT molecular complexity index is 1410. The summed E-state index contributed by atoms with van der Waals surface area (Å²) in [4.78, 5) is 12.2. The van der Waals surface area contributed by atoms with E-state index in [-0.39, 0.29) is 0 Å². The van der Waals surface area contributed by atoms with Crippen LogP contribution in [-0.4, -0.2) is 15.6 Å². The number of carboxylic acid groups (broad SMARTS) is 1. The molecule has 1 unspecified atom stereocenters. The third kappa shape index (κ3) is 3.39. The van der Waals surface area contributed by atoms with Gasteiger partial charge in [-0.2, -0.15) is 0 Å². The Balaban J connectivity index is 1.70. The number of ether oxygens (including phenoxy) is 1. The molecule has 1 heterocycles. The average Bonchev–Trinajstić information content (AvgIpc) is 3.15. The summed E-state index contributed by atoms with van der Waals surface area (Å²) in [7, 11) is 0. The minimum absolute atomic E-state index is 0.360. The molecule has 0 radical (unpaired) electrons. The van der Waals surface area contributed by atoms with Crippen LogP contribution in [-0.2, 0) is 16.4 Å². The third-order valence-electron chi connectivity index (χ3n) is 5.61. The third-order valence-corrected chi connectivity index (χ3v) is 6.07. The topological polar surface area (TPSA) is 51.5 Å². The molecule has 0 bridgehead atoms. The fraction of sp³-hybridized carbons (Fsp3) is 0.0741. The molecule has 0 amide bonds. The molecular weight excluding hydrogens is 422 g/mol. The van der Waals surface area contributed by atoms with Crippen molar-refractivity contribution in [2.45, 2.75) is 11.6 Å². The maximum absolute atomic E-state index is 12.2. The average molecular weight is 442 g/mol. The number of fused-ring (bicyclic) bond motifs is 3. The Morgan fingerprint density at radius 3 is 2.16 bits per heavy atom. The van der Waals surface area contributed by atoms with Crippen molar-refractivity contribution in [3.05, 3.63) is 114 Å². The summed E-state index contributed by atoms with van der Waals surface area (Å²) in [6.07, 6.45) is 0. The van der Waals surface area contributed by atoms with Crippen LogP contribution >= 0.6 is 11.6 Å². The van der Waals surface area contributed by atoms with Gasteiger partial charge < -0.3 is 14.4 Å². The van der Waals surface area contributed by atoms with Crippen molar-refractivity contribution in [3.8, 4) is 5.75 Å². The van der Waals surface area contributed by atoms with Crippen LogP contribution in [0.2, 0.25) is 0 Å². The van der Waals surface area contributed by atoms with E-state index in [2.05, 4.69) is 22.8 Å². The van der Waals surface area contributed by atoms with E-state index in [0.717, 1.165) is 21.8 Å². The van der Waals surface area contributed by atoms with Crippen molar-refractivity contribution in [1.82, 2.24) is 4.57 Å². The molecule has 0 fully saturated rings. The van der Waals surface area contributed by atoms with Gasteiger partial charge >= 0.3 is 11.0 Å². The first-order valence-electron chi connectivity index (χ1n) is 10.3. The number of aliphatic carboxylic acids is 1. The molecule has 32 heavy (non-hydrogen) atoms. The van der Waals surface area contributed by atoms with E-state index in [0.29, 0.717) is 17.9 Å². The summed E-state index contributed by atoms with van der Waals surface area (Å²) in [5.74, 6) is -0.845. The van der Waals surface area contributed by atoms with Gasteiger partial charge in [-0.1, -0.05) is 96.5 Å². The fourth-order valence-electron chi connectivity index (χ4n) is 4.12. The maximum Gasteiger partial charge on any atom is 0.369 e. The first kappa shape index (κ1) is 20.2. The van der Waals surface area contributed by atoms with Crippen molar-refractivity contribution >= 4 is 39.4 Å². The number of hydrogen-bond acceptors (Lipinski definition) is 2. The molecule has 4 aromatic carbocycles. The number of benzene rings is 4. The number of rotatable bonds is 6. The summed E-state index contributed by atoms with van der Waals surface area (Å²) < 4.78 is 8.30. The quantitative estimate of drug-likeness (QED) is 0.310. The molecule has 1 aromatic heterocycles. The maximum atomic E-state index is 12.2. The summed E-state index contributed by atoms with van der Waals surface area (Å²) in [5.41, 5.74) is 3.52. The van der Waals surface area contributed by atoms with E-state index in [1.165, 1.54) is 5.56 Å². The Kier molecular flexibility index (Phi) is 5.08. The second-order valence-corrected chi connectivity index (χ2v) is 8.14. The molecule has 5 heteroatoms. The summed E-state index contributed by atoms with van der Waals surface area (Å²) >= 11 is 6.59. The first-order valence-corrected chi connectivity index (χ1v) is 10.7. The molecule has 5 rings (SSSR count). The lowest BCUT2D eigenvalue weighted by molar-refractivity contribution is -0.148. The van der Waals surface area contributed by atoms with E-state index >= 15 is 0 Å². The minimum Gasteiger partial charge on any atom is -0.477 e. The lowest BCUT2D eigenvalue weighted by atomic mass is 10.1. The van der Waals surface area contributed by atoms with Gasteiger partial charge in [-0.3, -0.25) is 0 Å². The monoisotopic (exact) mass is 441 g/mol. The highest BCUT2D eigenvalue weighted by Crippen LogP contribution is 2.40. The SMILES string of the molecule is O=C(O)C(Cl)(Oc1cccc2c1c1ccccc1n2Cc1ccccc1)c1ccccc1. The van der Waals surface area contributed by atoms with Gasteiger partial charge in [-0.25, -0.2) is 4.79 Å². The lowest BCUT2D eigenvalue weighted by Gasteiger charge is -2.24. The van der Waals surface area contributed by atoms with Gasteiger partial charge in [0.1, 0.15) is 5.75 Å². The molecule has 0 aliphatic heterocycles. The Morgan fingerprint density at radius 2 is 1.44 bits per heavy atom. The van der Waals surface area contributed by atoms with Crippen LogP contribution in [0.25, 0.3) is 21.8 Å². The molecule has 0 saturated heterocycles. The molecule has 1 N–H and O–H groups in total. The molecule has 4 nitrogen and oxygen atoms in total. The zero-order chi connectivity index (χ0) is 22.1. The standard InChI is InChI=1S/C27H20ClNO3/c28-27(26(30)31,20-12-5-2-6-13-20)32-24-17-9-16-23-25(24)21-14-7-8-15-22(21)29(23)18-19-10-3-1-4-11-19/h1-17H,18H2,(H,30,31). The smallest absolute Gasteiger partial charge is 0.369 e. The second-order valence-electron chi connectivity index (χ2n) is 7.61. The summed E-state index contributed by atoms with van der Waals surface area (Å²) in [6, 6.07) is 32.5. The number of aromatic nitrogens is 1. The minimum atomic E-state index is -2.04. The number of para-hydroxylation sites is 1. The van der Waals surface area contributed by atoms with E-state index in [1.807, 2.05) is 48.5 Å². The predicted molar refractivity (Wildman–Crippen MR) is 127 cm³/mol. The molecule has 0 spiro atoms. The van der Waals surface area contributed by atoms with Crippen molar-refractivity contribution in [1.29, 1.82) is 0 Å². The van der Waals surface area contributed by atoms with Crippen molar-refractivity contribution in [3.63, 3.8) is 0 Å². The van der Waals surface area contributed by atoms with E-state index in [4.69, 9.17) is 16.3 Å². The predicted octanol–water partition coefficient (Wildman–Crippen LogP) is 6.40. The molecule has 0 aliphatic carbocycles. The summed E-state index contributed by atoms with van der Waals surface area (Å²) in [5, 5.41) is 9.74. The molecule has 5 aromatic rings. The van der Waals surface area contributed by atoms with Gasteiger partial charge in [-0.15, -0.1) is 0 Å². The second kappa shape index (κ2) is 8.06. The van der Waals surface area contributed by atoms with E-state index < -0.39 is 11.0 Å². The number of carbonyl (C=O) groups is 1. The largest absolute Gasteiger partial charge is 0.477 e. The van der Waals surface area contributed by atoms with Gasteiger partial charge in [0.25, 0.3) is 0 Å². The van der Waals surface area contributed by atoms with Crippen LogP contribution in [0.15, 0.2) is 103 Å². The van der Waals surface area contributed by atoms with Gasteiger partial charge in [0, 0.05) is 28.4 Å². The van der Waals surface area contributed by atoms with Crippen LogP contribution in [0.4, 0.5) is 0 Å². The number of halogens is 1. The van der Waals surface area contributed by atoms with Crippen LogP contribution < -0.4 is 4.74 Å². The number of carboxylic acids is 1. The van der Waals surface area contributed by atoms with Gasteiger partial charge in [0.05, 0.1) is 5.52 Å². The number of hydrogen-bond donors (Lipinski definition) is 1. The van der Waals surface area contributed by atoms with Crippen molar-refractivity contribution < 1.29 is 14.6 Å². The number of alkyl halides is 1. The fourth-order valence-corrected chi connectivity index (χ4v) is 4.33. The Labute approximate surface area is 190 Å². The highest BCUT2D eigenvalue weighted by molar-refractivity contribution is 6.32. The van der Waals surface area contributed by atoms with Crippen LogP contribution in [0.5, 0.6) is 5.75 Å². The Hall–Kier alpha value is -3.76. The van der Waals surface area contributed by atoms with Crippen LogP contribution in [0.1, 0.15) is 11.1 Å². The lowest BCUT2D eigenvalue weighted by Crippen LogP contribution is -2.36. The normalized spacial score (nSPS) is 13.2. The van der Waals surface area contributed by atoms with Gasteiger partial charge in [0.2, 0.25) is 0 Å². The molecule has 0 saturated carbocycles. The van der Waals surface area contributed by atoms with Crippen molar-refractivity contribution in [2.24, 2.45) is 0 Å². The van der Waals surface area contributed by atoms with Crippen LogP contribution in [0, 0.1) is 0 Å². The number of nitrogens with zero attached hydrogens (tertiary/aromatic N) is 1. The van der Waals surface area contributed by atoms with Crippen LogP contribution in [0.3, 0.4) is 0 Å². The van der Waals surface area contributed by atoms with Crippen molar-refractivity contribution in [2.75, 3.05) is 0 Å². The van der Waals surface area contributed by atoms with Gasteiger partial charge in [0.15, 0.2) is 0 Å². The molecule has 158 valence electrons. The first-order chi connectivity index (χ1) is 15.6. The highest BCUT2D eigenvalue weighted by atomic mass is 35.5. The summed E-state index contributed by atoms with van der Waals surface area (Å²) in [6.45, 7) is 0.679. The zero-order valence-electron chi connectivity index (χ0n) is 17.1.